The average molecular weight is 210 g/mol. The summed E-state index contributed by atoms with van der Waals surface area (Å²) in [5.41, 5.74) is 6.33. The van der Waals surface area contributed by atoms with Crippen LogP contribution in [-0.2, 0) is 0 Å². The largest absolute Gasteiger partial charge is 0.330 e. The molecule has 2 rings (SSSR count). The van der Waals surface area contributed by atoms with Crippen molar-refractivity contribution in [2.75, 3.05) is 26.7 Å². The molecule has 0 spiro atoms. The molecule has 0 aromatic rings. The van der Waals surface area contributed by atoms with Gasteiger partial charge in [-0.25, -0.2) is 0 Å². The minimum Gasteiger partial charge on any atom is -0.330 e. The van der Waals surface area contributed by atoms with Crippen LogP contribution in [0.4, 0.5) is 0 Å². The van der Waals surface area contributed by atoms with E-state index in [1.165, 1.54) is 58.0 Å². The second kappa shape index (κ2) is 4.84. The fourth-order valence-electron chi connectivity index (χ4n) is 2.96. The van der Waals surface area contributed by atoms with Gasteiger partial charge in [-0.2, -0.15) is 0 Å². The summed E-state index contributed by atoms with van der Waals surface area (Å²) in [5, 5.41) is 0. The molecule has 2 N–H and O–H groups in total. The van der Waals surface area contributed by atoms with Crippen molar-refractivity contribution >= 4 is 0 Å². The molecule has 2 saturated carbocycles. The summed E-state index contributed by atoms with van der Waals surface area (Å²) in [6.45, 7) is 3.41. The smallest absolute Gasteiger partial charge is 0.00470 e. The van der Waals surface area contributed by atoms with Crippen LogP contribution in [0.25, 0.3) is 0 Å². The van der Waals surface area contributed by atoms with Gasteiger partial charge in [0, 0.05) is 6.54 Å². The van der Waals surface area contributed by atoms with E-state index >= 15 is 0 Å². The Bertz CT molecular complexity index is 193. The van der Waals surface area contributed by atoms with Crippen LogP contribution in [-0.4, -0.2) is 31.6 Å². The van der Waals surface area contributed by atoms with Crippen molar-refractivity contribution < 1.29 is 0 Å². The molecule has 0 aromatic carbocycles. The summed E-state index contributed by atoms with van der Waals surface area (Å²) >= 11 is 0. The first kappa shape index (κ1) is 11.4. The lowest BCUT2D eigenvalue weighted by atomic mass is 10.0. The van der Waals surface area contributed by atoms with Gasteiger partial charge in [-0.1, -0.05) is 25.7 Å². The molecule has 0 saturated heterocycles. The van der Waals surface area contributed by atoms with Gasteiger partial charge in [0.05, 0.1) is 0 Å². The highest BCUT2D eigenvalue weighted by Gasteiger charge is 2.41. The Morgan fingerprint density at radius 1 is 1.27 bits per heavy atom. The van der Waals surface area contributed by atoms with Crippen molar-refractivity contribution in [3.05, 3.63) is 0 Å². The molecule has 0 bridgehead atoms. The Morgan fingerprint density at radius 3 is 2.47 bits per heavy atom. The maximum Gasteiger partial charge on any atom is 0.00470 e. The summed E-state index contributed by atoms with van der Waals surface area (Å²) in [4.78, 5) is 2.51. The second-order valence-corrected chi connectivity index (χ2v) is 5.88. The van der Waals surface area contributed by atoms with Crippen LogP contribution in [0.1, 0.15) is 44.9 Å². The van der Waals surface area contributed by atoms with Crippen LogP contribution in [0.3, 0.4) is 0 Å². The zero-order valence-corrected chi connectivity index (χ0v) is 10.2. The van der Waals surface area contributed by atoms with E-state index in [0.29, 0.717) is 5.41 Å². The molecule has 0 unspecified atom stereocenters. The monoisotopic (exact) mass is 210 g/mol. The van der Waals surface area contributed by atoms with Gasteiger partial charge in [0.15, 0.2) is 0 Å². The molecule has 0 atom stereocenters. The number of rotatable bonds is 6. The van der Waals surface area contributed by atoms with Gasteiger partial charge < -0.3 is 10.6 Å². The summed E-state index contributed by atoms with van der Waals surface area (Å²) in [5.74, 6) is 1.03. The molecule has 88 valence electrons. The standard InChI is InChI=1S/C13H26N2/c1-15(11-13(10-14)7-8-13)9-6-12-4-2-3-5-12/h12H,2-11,14H2,1H3. The molecule has 2 aliphatic rings. The van der Waals surface area contributed by atoms with E-state index in [1.807, 2.05) is 0 Å². The van der Waals surface area contributed by atoms with E-state index in [9.17, 15) is 0 Å². The van der Waals surface area contributed by atoms with Crippen LogP contribution in [0, 0.1) is 11.3 Å². The molecule has 0 heterocycles. The molecular formula is C13H26N2. The first-order valence-corrected chi connectivity index (χ1v) is 6.63. The number of hydrogen-bond acceptors (Lipinski definition) is 2. The first-order valence-electron chi connectivity index (χ1n) is 6.63. The fourth-order valence-corrected chi connectivity index (χ4v) is 2.96. The van der Waals surface area contributed by atoms with Crippen LogP contribution in [0.2, 0.25) is 0 Å². The van der Waals surface area contributed by atoms with Crippen molar-refractivity contribution in [3.63, 3.8) is 0 Å². The summed E-state index contributed by atoms with van der Waals surface area (Å²) in [7, 11) is 2.27. The Labute approximate surface area is 94.2 Å². The zero-order chi connectivity index (χ0) is 10.7. The van der Waals surface area contributed by atoms with Gasteiger partial charge in [0.25, 0.3) is 0 Å². The third-order valence-electron chi connectivity index (χ3n) is 4.39. The molecule has 2 heteroatoms. The van der Waals surface area contributed by atoms with Crippen LogP contribution in [0.15, 0.2) is 0 Å². The van der Waals surface area contributed by atoms with Gasteiger partial charge in [-0.05, 0) is 50.7 Å². The summed E-state index contributed by atoms with van der Waals surface area (Å²) in [6, 6.07) is 0. The van der Waals surface area contributed by atoms with E-state index in [1.54, 1.807) is 0 Å². The zero-order valence-electron chi connectivity index (χ0n) is 10.2. The van der Waals surface area contributed by atoms with Crippen LogP contribution < -0.4 is 5.73 Å². The Hall–Kier alpha value is -0.0800. The van der Waals surface area contributed by atoms with E-state index < -0.39 is 0 Å². The maximum atomic E-state index is 5.81. The third kappa shape index (κ3) is 3.18. The minimum atomic E-state index is 0.518. The van der Waals surface area contributed by atoms with Gasteiger partial charge >= 0.3 is 0 Å². The van der Waals surface area contributed by atoms with Gasteiger partial charge in [-0.15, -0.1) is 0 Å². The van der Waals surface area contributed by atoms with Gasteiger partial charge in [0.2, 0.25) is 0 Å². The van der Waals surface area contributed by atoms with Crippen molar-refractivity contribution in [2.24, 2.45) is 17.1 Å². The van der Waals surface area contributed by atoms with Crippen LogP contribution >= 0.6 is 0 Å². The van der Waals surface area contributed by atoms with Gasteiger partial charge in [0.1, 0.15) is 0 Å². The lowest BCUT2D eigenvalue weighted by molar-refractivity contribution is 0.248. The molecule has 2 fully saturated rings. The Kier molecular flexibility index (Phi) is 3.68. The topological polar surface area (TPSA) is 29.3 Å². The predicted molar refractivity (Wildman–Crippen MR) is 64.8 cm³/mol. The highest BCUT2D eigenvalue weighted by Crippen LogP contribution is 2.44. The second-order valence-electron chi connectivity index (χ2n) is 5.88. The maximum absolute atomic E-state index is 5.81. The van der Waals surface area contributed by atoms with E-state index in [4.69, 9.17) is 5.73 Å². The normalized spacial score (nSPS) is 25.0. The van der Waals surface area contributed by atoms with Crippen molar-refractivity contribution in [1.29, 1.82) is 0 Å². The number of hydrogen-bond donors (Lipinski definition) is 1. The minimum absolute atomic E-state index is 0.518. The van der Waals surface area contributed by atoms with E-state index in [-0.39, 0.29) is 0 Å². The molecule has 0 amide bonds. The van der Waals surface area contributed by atoms with Crippen molar-refractivity contribution in [3.8, 4) is 0 Å². The van der Waals surface area contributed by atoms with Crippen molar-refractivity contribution in [1.82, 2.24) is 4.90 Å². The van der Waals surface area contributed by atoms with Gasteiger partial charge in [-0.3, -0.25) is 0 Å². The fraction of sp³-hybridized carbons (Fsp3) is 1.00. The highest BCUT2D eigenvalue weighted by atomic mass is 15.1. The lowest BCUT2D eigenvalue weighted by Gasteiger charge is -2.23. The number of nitrogens with zero attached hydrogens (tertiary/aromatic N) is 1. The molecule has 2 aliphatic carbocycles. The summed E-state index contributed by atoms with van der Waals surface area (Å²) < 4.78 is 0. The molecular weight excluding hydrogens is 184 g/mol. The van der Waals surface area contributed by atoms with E-state index in [0.717, 1.165) is 12.5 Å². The molecule has 15 heavy (non-hydrogen) atoms. The Balaban J connectivity index is 1.61. The predicted octanol–water partition coefficient (Wildman–Crippen LogP) is 2.24. The average Bonchev–Trinajstić information content (AvgIpc) is 2.80. The van der Waals surface area contributed by atoms with Crippen molar-refractivity contribution in [2.45, 2.75) is 44.9 Å². The molecule has 0 radical (unpaired) electrons. The molecule has 0 aromatic heterocycles. The van der Waals surface area contributed by atoms with E-state index in [2.05, 4.69) is 11.9 Å². The Morgan fingerprint density at radius 2 is 1.93 bits per heavy atom. The lowest BCUT2D eigenvalue weighted by Crippen LogP contribution is -2.32. The first-order chi connectivity index (χ1) is 7.24. The number of nitrogens with two attached hydrogens (primary N) is 1. The third-order valence-corrected chi connectivity index (χ3v) is 4.39. The SMILES string of the molecule is CN(CCC1CCCC1)CC1(CN)CC1. The quantitative estimate of drug-likeness (QED) is 0.728. The highest BCUT2D eigenvalue weighted by molar-refractivity contribution is 4.95. The molecule has 2 nitrogen and oxygen atoms in total. The molecule has 0 aliphatic heterocycles. The van der Waals surface area contributed by atoms with Crippen LogP contribution in [0.5, 0.6) is 0 Å². The summed E-state index contributed by atoms with van der Waals surface area (Å²) in [6.07, 6.45) is 10.0.